The van der Waals surface area contributed by atoms with Crippen LogP contribution in [-0.2, 0) is 0 Å². The number of fused-ring (bicyclic) bond motifs is 1. The molecule has 1 aliphatic carbocycles. The summed E-state index contributed by atoms with van der Waals surface area (Å²) >= 11 is 5.63. The number of hydrogen-bond donors (Lipinski definition) is 0. The minimum absolute atomic E-state index is 0.701. The van der Waals surface area contributed by atoms with Gasteiger partial charge in [0.05, 0.1) is 0 Å². The largest absolute Gasteiger partial charge is 0.125 e. The highest BCUT2D eigenvalue weighted by molar-refractivity contribution is 9.09. The van der Waals surface area contributed by atoms with E-state index in [0.29, 0.717) is 10.1 Å². The molecule has 2 rings (SSSR count). The Kier molecular flexibility index (Phi) is 1.92. The average Bonchev–Trinajstić information content (AvgIpc) is 2.36. The van der Waals surface area contributed by atoms with Crippen molar-refractivity contribution >= 4 is 27.7 Å². The van der Waals surface area contributed by atoms with Crippen LogP contribution in [0.1, 0.15) is 12.8 Å². The van der Waals surface area contributed by atoms with E-state index in [0.717, 1.165) is 0 Å². The summed E-state index contributed by atoms with van der Waals surface area (Å²) in [6.07, 6.45) is 7.14. The molecule has 0 aromatic carbocycles. The number of alkyl halides is 1. The first-order valence-corrected chi connectivity index (χ1v) is 5.40. The zero-order valence-corrected chi connectivity index (χ0v) is 7.99. The number of thioether (sulfide) groups is 1. The van der Waals surface area contributed by atoms with E-state index >= 15 is 0 Å². The monoisotopic (exact) mass is 216 g/mol. The second-order valence-corrected chi connectivity index (χ2v) is 4.89. The maximum Gasteiger partial charge on any atom is 0.0460 e. The van der Waals surface area contributed by atoms with Crippen LogP contribution < -0.4 is 0 Å². The van der Waals surface area contributed by atoms with E-state index in [2.05, 4.69) is 33.5 Å². The first kappa shape index (κ1) is 6.99. The number of hydrogen-bond acceptors (Lipinski definition) is 1. The molecule has 0 nitrogen and oxygen atoms in total. The fourth-order valence-electron chi connectivity index (χ4n) is 1.41. The summed E-state index contributed by atoms with van der Waals surface area (Å²) in [5, 5.41) is 2.92. The van der Waals surface area contributed by atoms with Gasteiger partial charge < -0.3 is 0 Å². The molecule has 54 valence electrons. The van der Waals surface area contributed by atoms with E-state index < -0.39 is 0 Å². The second-order valence-electron chi connectivity index (χ2n) is 2.66. The Labute approximate surface area is 73.9 Å². The van der Waals surface area contributed by atoms with E-state index in [1.54, 1.807) is 0 Å². The molecule has 2 unspecified atom stereocenters. The van der Waals surface area contributed by atoms with Gasteiger partial charge in [0.15, 0.2) is 0 Å². The molecule has 0 spiro atoms. The zero-order valence-electron chi connectivity index (χ0n) is 5.59. The number of rotatable bonds is 0. The molecule has 2 aliphatic rings. The van der Waals surface area contributed by atoms with Gasteiger partial charge in [0.2, 0.25) is 0 Å². The Morgan fingerprint density at radius 3 is 3.30 bits per heavy atom. The standard InChI is InChI=1S/C8H9BrS/c9-7-3-1-2-6-4-5-10-8(6)7/h2,4-5,7-8H,1,3H2. The van der Waals surface area contributed by atoms with Crippen molar-refractivity contribution in [1.82, 2.24) is 0 Å². The lowest BCUT2D eigenvalue weighted by molar-refractivity contribution is 0.756. The quantitative estimate of drug-likeness (QED) is 0.562. The second kappa shape index (κ2) is 2.74. The molecular formula is C8H9BrS. The zero-order chi connectivity index (χ0) is 6.97. The summed E-state index contributed by atoms with van der Waals surface area (Å²) < 4.78 is 0. The fraction of sp³-hybridized carbons (Fsp3) is 0.500. The van der Waals surface area contributed by atoms with Crippen LogP contribution in [-0.4, -0.2) is 10.1 Å². The summed E-state index contributed by atoms with van der Waals surface area (Å²) in [7, 11) is 0. The molecule has 2 heteroatoms. The predicted octanol–water partition coefficient (Wildman–Crippen LogP) is 3.10. The first-order valence-electron chi connectivity index (χ1n) is 3.54. The Balaban J connectivity index is 2.23. The lowest BCUT2D eigenvalue weighted by Gasteiger charge is -2.22. The van der Waals surface area contributed by atoms with Crippen molar-refractivity contribution in [3.8, 4) is 0 Å². The first-order chi connectivity index (χ1) is 4.88. The van der Waals surface area contributed by atoms with E-state index in [1.807, 2.05) is 11.8 Å². The van der Waals surface area contributed by atoms with E-state index in [-0.39, 0.29) is 0 Å². The van der Waals surface area contributed by atoms with Crippen molar-refractivity contribution in [3.05, 3.63) is 23.1 Å². The lowest BCUT2D eigenvalue weighted by atomic mass is 9.99. The average molecular weight is 217 g/mol. The van der Waals surface area contributed by atoms with Crippen molar-refractivity contribution in [3.63, 3.8) is 0 Å². The maximum atomic E-state index is 3.69. The van der Waals surface area contributed by atoms with E-state index in [4.69, 9.17) is 0 Å². The molecule has 0 amide bonds. The van der Waals surface area contributed by atoms with Crippen LogP contribution in [0, 0.1) is 0 Å². The highest BCUT2D eigenvalue weighted by atomic mass is 79.9. The van der Waals surface area contributed by atoms with Gasteiger partial charge in [0.1, 0.15) is 0 Å². The molecule has 0 N–H and O–H groups in total. The number of halogens is 1. The van der Waals surface area contributed by atoms with Crippen molar-refractivity contribution in [1.29, 1.82) is 0 Å². The highest BCUT2D eigenvalue weighted by Crippen LogP contribution is 2.39. The van der Waals surface area contributed by atoms with Crippen LogP contribution in [0.15, 0.2) is 23.1 Å². The summed E-state index contributed by atoms with van der Waals surface area (Å²) in [5.74, 6) is 0. The number of allylic oxidation sites excluding steroid dienone is 2. The van der Waals surface area contributed by atoms with Crippen molar-refractivity contribution in [2.24, 2.45) is 0 Å². The normalized spacial score (nSPS) is 37.5. The minimum atomic E-state index is 0.701. The molecule has 0 fully saturated rings. The Morgan fingerprint density at radius 1 is 1.60 bits per heavy atom. The molecule has 0 radical (unpaired) electrons. The third-order valence-corrected chi connectivity index (χ3v) is 4.49. The van der Waals surface area contributed by atoms with E-state index in [1.165, 1.54) is 18.4 Å². The van der Waals surface area contributed by atoms with Gasteiger partial charge in [0.25, 0.3) is 0 Å². The van der Waals surface area contributed by atoms with Crippen molar-refractivity contribution < 1.29 is 0 Å². The summed E-state index contributed by atoms with van der Waals surface area (Å²) in [5.41, 5.74) is 1.53. The van der Waals surface area contributed by atoms with Gasteiger partial charge >= 0.3 is 0 Å². The Bertz CT molecular complexity index is 195. The SMILES string of the molecule is BrC1CCC=C2C=CSC21. The van der Waals surface area contributed by atoms with Crippen LogP contribution >= 0.6 is 27.7 Å². The van der Waals surface area contributed by atoms with Crippen LogP contribution in [0.4, 0.5) is 0 Å². The van der Waals surface area contributed by atoms with Crippen molar-refractivity contribution in [2.75, 3.05) is 0 Å². The summed E-state index contributed by atoms with van der Waals surface area (Å²) in [4.78, 5) is 0.701. The fourth-order valence-corrected chi connectivity index (χ4v) is 3.40. The van der Waals surface area contributed by atoms with Gasteiger partial charge in [-0.05, 0) is 23.8 Å². The Morgan fingerprint density at radius 2 is 2.50 bits per heavy atom. The minimum Gasteiger partial charge on any atom is -0.125 e. The smallest absolute Gasteiger partial charge is 0.0460 e. The molecule has 0 aromatic rings. The topological polar surface area (TPSA) is 0 Å². The molecule has 1 heterocycles. The molecule has 2 atom stereocenters. The molecule has 0 aromatic heterocycles. The lowest BCUT2D eigenvalue weighted by Crippen LogP contribution is -2.19. The molecule has 10 heavy (non-hydrogen) atoms. The van der Waals surface area contributed by atoms with Crippen LogP contribution in [0.3, 0.4) is 0 Å². The maximum absolute atomic E-state index is 3.69. The third-order valence-electron chi connectivity index (χ3n) is 1.97. The van der Waals surface area contributed by atoms with Gasteiger partial charge in [-0.1, -0.05) is 28.1 Å². The summed E-state index contributed by atoms with van der Waals surface area (Å²) in [6, 6.07) is 0. The van der Waals surface area contributed by atoms with Gasteiger partial charge in [-0.2, -0.15) is 0 Å². The molecule has 0 saturated carbocycles. The van der Waals surface area contributed by atoms with Crippen LogP contribution in [0.5, 0.6) is 0 Å². The van der Waals surface area contributed by atoms with Gasteiger partial charge in [-0.25, -0.2) is 0 Å². The molecule has 0 bridgehead atoms. The third kappa shape index (κ3) is 1.08. The van der Waals surface area contributed by atoms with Crippen LogP contribution in [0.25, 0.3) is 0 Å². The molecule has 0 saturated heterocycles. The Hall–Kier alpha value is 0.310. The van der Waals surface area contributed by atoms with Crippen molar-refractivity contribution in [2.45, 2.75) is 22.9 Å². The molecular weight excluding hydrogens is 208 g/mol. The molecule has 1 aliphatic heterocycles. The van der Waals surface area contributed by atoms with E-state index in [9.17, 15) is 0 Å². The summed E-state index contributed by atoms with van der Waals surface area (Å²) in [6.45, 7) is 0. The van der Waals surface area contributed by atoms with Crippen LogP contribution in [0.2, 0.25) is 0 Å². The van der Waals surface area contributed by atoms with Gasteiger partial charge in [-0.3, -0.25) is 0 Å². The van der Waals surface area contributed by atoms with Gasteiger partial charge in [0, 0.05) is 10.1 Å². The van der Waals surface area contributed by atoms with Gasteiger partial charge in [-0.15, -0.1) is 11.8 Å². The highest BCUT2D eigenvalue weighted by Gasteiger charge is 2.26. The predicted molar refractivity (Wildman–Crippen MR) is 50.6 cm³/mol.